The quantitative estimate of drug-likeness (QED) is 0.865. The molecule has 5 nitrogen and oxygen atoms in total. The molecule has 0 aliphatic rings. The van der Waals surface area contributed by atoms with Gasteiger partial charge in [-0.25, -0.2) is 4.39 Å². The smallest absolute Gasteiger partial charge is 0.251 e. The van der Waals surface area contributed by atoms with Crippen LogP contribution in [-0.2, 0) is 7.05 Å². The minimum atomic E-state index is -0.551. The molecule has 0 aliphatic heterocycles. The van der Waals surface area contributed by atoms with Crippen molar-refractivity contribution in [2.45, 2.75) is 6.04 Å². The van der Waals surface area contributed by atoms with Gasteiger partial charge in [0.15, 0.2) is 0 Å². The van der Waals surface area contributed by atoms with Gasteiger partial charge in [-0.15, -0.1) is 0 Å². The molecular weight excluding hydrogens is 249 g/mol. The maximum absolute atomic E-state index is 12.8. The van der Waals surface area contributed by atoms with E-state index in [2.05, 4.69) is 10.4 Å². The fourth-order valence-electron chi connectivity index (χ4n) is 1.78. The Hall–Kier alpha value is -2.21. The van der Waals surface area contributed by atoms with Gasteiger partial charge in [0.2, 0.25) is 0 Å². The molecule has 100 valence electrons. The molecule has 0 radical (unpaired) electrons. The number of carbonyl (C=O) groups excluding carboxylic acids is 1. The van der Waals surface area contributed by atoms with Gasteiger partial charge in [-0.3, -0.25) is 9.48 Å². The fourth-order valence-corrected chi connectivity index (χ4v) is 1.78. The number of amides is 1. The van der Waals surface area contributed by atoms with E-state index in [1.165, 1.54) is 24.3 Å². The Morgan fingerprint density at radius 3 is 2.63 bits per heavy atom. The van der Waals surface area contributed by atoms with Crippen molar-refractivity contribution in [1.29, 1.82) is 0 Å². The van der Waals surface area contributed by atoms with E-state index in [1.807, 2.05) is 0 Å². The highest BCUT2D eigenvalue weighted by Crippen LogP contribution is 2.12. The number of aliphatic hydroxyl groups is 1. The molecule has 1 atom stereocenters. The first-order chi connectivity index (χ1) is 9.11. The van der Waals surface area contributed by atoms with E-state index >= 15 is 0 Å². The molecule has 19 heavy (non-hydrogen) atoms. The SMILES string of the molecule is Cn1nccc1C(CO)NC(=O)c1ccc(F)cc1. The maximum Gasteiger partial charge on any atom is 0.251 e. The predicted octanol–water partition coefficient (Wildman–Crippen LogP) is 1.02. The van der Waals surface area contributed by atoms with Gasteiger partial charge in [0.05, 0.1) is 18.3 Å². The molecule has 2 N–H and O–H groups in total. The molecule has 2 rings (SSSR count). The van der Waals surface area contributed by atoms with Gasteiger partial charge in [-0.2, -0.15) is 5.10 Å². The number of nitrogens with zero attached hydrogens (tertiary/aromatic N) is 2. The first-order valence-corrected chi connectivity index (χ1v) is 5.77. The number of rotatable bonds is 4. The second-order valence-corrected chi connectivity index (χ2v) is 4.10. The standard InChI is InChI=1S/C13H14FN3O2/c1-17-12(6-7-15-17)11(8-18)16-13(19)9-2-4-10(14)5-3-9/h2-7,11,18H,8H2,1H3,(H,16,19). The molecule has 0 fully saturated rings. The maximum atomic E-state index is 12.8. The van der Waals surface area contributed by atoms with Crippen molar-refractivity contribution in [2.75, 3.05) is 6.61 Å². The highest BCUT2D eigenvalue weighted by atomic mass is 19.1. The van der Waals surface area contributed by atoms with Gasteiger partial charge >= 0.3 is 0 Å². The molecule has 1 aromatic heterocycles. The monoisotopic (exact) mass is 263 g/mol. The van der Waals surface area contributed by atoms with Gasteiger partial charge < -0.3 is 10.4 Å². The first-order valence-electron chi connectivity index (χ1n) is 5.77. The Labute approximate surface area is 109 Å². The van der Waals surface area contributed by atoms with E-state index in [1.54, 1.807) is 24.0 Å². The average molecular weight is 263 g/mol. The molecule has 0 saturated heterocycles. The van der Waals surface area contributed by atoms with Crippen LogP contribution in [0.2, 0.25) is 0 Å². The van der Waals surface area contributed by atoms with E-state index in [0.29, 0.717) is 11.3 Å². The van der Waals surface area contributed by atoms with Crippen LogP contribution >= 0.6 is 0 Å². The lowest BCUT2D eigenvalue weighted by Gasteiger charge is -2.16. The zero-order valence-electron chi connectivity index (χ0n) is 10.4. The van der Waals surface area contributed by atoms with Gasteiger partial charge in [0, 0.05) is 18.8 Å². The number of hydrogen-bond donors (Lipinski definition) is 2. The highest BCUT2D eigenvalue weighted by Gasteiger charge is 2.17. The number of benzene rings is 1. The van der Waals surface area contributed by atoms with Crippen molar-refractivity contribution >= 4 is 5.91 Å². The van der Waals surface area contributed by atoms with Crippen LogP contribution in [0.3, 0.4) is 0 Å². The summed E-state index contributed by atoms with van der Waals surface area (Å²) in [5.41, 5.74) is 1.03. The molecule has 0 spiro atoms. The van der Waals surface area contributed by atoms with E-state index in [-0.39, 0.29) is 12.5 Å². The summed E-state index contributed by atoms with van der Waals surface area (Å²) in [5, 5.41) is 16.0. The normalized spacial score (nSPS) is 12.2. The summed E-state index contributed by atoms with van der Waals surface area (Å²) in [6.45, 7) is -0.244. The van der Waals surface area contributed by atoms with Crippen molar-refractivity contribution in [3.05, 3.63) is 53.6 Å². The van der Waals surface area contributed by atoms with Crippen molar-refractivity contribution in [3.63, 3.8) is 0 Å². The Morgan fingerprint density at radius 1 is 1.42 bits per heavy atom. The topological polar surface area (TPSA) is 67.2 Å². The van der Waals surface area contributed by atoms with Crippen LogP contribution in [0.15, 0.2) is 36.5 Å². The van der Waals surface area contributed by atoms with Gasteiger partial charge in [0.25, 0.3) is 5.91 Å². The summed E-state index contributed by atoms with van der Waals surface area (Å²) in [7, 11) is 1.72. The Bertz CT molecular complexity index is 566. The Balaban J connectivity index is 2.13. The second kappa shape index (κ2) is 5.62. The van der Waals surface area contributed by atoms with E-state index in [0.717, 1.165) is 0 Å². The summed E-state index contributed by atoms with van der Waals surface area (Å²) in [5.74, 6) is -0.776. The number of carbonyl (C=O) groups is 1. The number of halogens is 1. The minimum absolute atomic E-state index is 0.244. The van der Waals surface area contributed by atoms with Crippen LogP contribution in [0.4, 0.5) is 4.39 Å². The molecule has 1 aromatic carbocycles. The van der Waals surface area contributed by atoms with E-state index < -0.39 is 11.9 Å². The van der Waals surface area contributed by atoms with Gasteiger partial charge in [0.1, 0.15) is 5.82 Å². The van der Waals surface area contributed by atoms with Crippen LogP contribution in [0.25, 0.3) is 0 Å². The number of aromatic nitrogens is 2. The largest absolute Gasteiger partial charge is 0.394 e. The van der Waals surface area contributed by atoms with Crippen LogP contribution in [0, 0.1) is 5.82 Å². The molecule has 6 heteroatoms. The third kappa shape index (κ3) is 2.97. The summed E-state index contributed by atoms with van der Waals surface area (Å²) < 4.78 is 14.3. The van der Waals surface area contributed by atoms with E-state index in [9.17, 15) is 14.3 Å². The van der Waals surface area contributed by atoms with Crippen LogP contribution in [0.1, 0.15) is 22.1 Å². The number of nitrogens with one attached hydrogen (secondary N) is 1. The summed E-state index contributed by atoms with van der Waals surface area (Å²) in [6, 6.07) is 6.38. The molecule has 0 bridgehead atoms. The Kier molecular flexibility index (Phi) is 3.91. The Morgan fingerprint density at radius 2 is 2.11 bits per heavy atom. The fraction of sp³-hybridized carbons (Fsp3) is 0.231. The molecule has 0 saturated carbocycles. The molecular formula is C13H14FN3O2. The van der Waals surface area contributed by atoms with E-state index in [4.69, 9.17) is 0 Å². The molecule has 0 aliphatic carbocycles. The lowest BCUT2D eigenvalue weighted by atomic mass is 10.1. The van der Waals surface area contributed by atoms with Crippen molar-refractivity contribution in [2.24, 2.45) is 7.05 Å². The van der Waals surface area contributed by atoms with Crippen LogP contribution < -0.4 is 5.32 Å². The van der Waals surface area contributed by atoms with Crippen LogP contribution in [0.5, 0.6) is 0 Å². The zero-order chi connectivity index (χ0) is 13.8. The highest BCUT2D eigenvalue weighted by molar-refractivity contribution is 5.94. The van der Waals surface area contributed by atoms with Gasteiger partial charge in [-0.1, -0.05) is 0 Å². The van der Waals surface area contributed by atoms with Gasteiger partial charge in [-0.05, 0) is 30.3 Å². The minimum Gasteiger partial charge on any atom is -0.394 e. The average Bonchev–Trinajstić information content (AvgIpc) is 2.83. The first kappa shape index (κ1) is 13.2. The number of aliphatic hydroxyl groups excluding tert-OH is 1. The molecule has 1 unspecified atom stereocenters. The molecule has 2 aromatic rings. The third-order valence-electron chi connectivity index (χ3n) is 2.81. The van der Waals surface area contributed by atoms with Crippen molar-refractivity contribution < 1.29 is 14.3 Å². The molecule has 1 heterocycles. The lowest BCUT2D eigenvalue weighted by Crippen LogP contribution is -2.32. The summed E-state index contributed by atoms with van der Waals surface area (Å²) in [4.78, 5) is 12.0. The lowest BCUT2D eigenvalue weighted by molar-refractivity contribution is 0.0913. The summed E-state index contributed by atoms with van der Waals surface area (Å²) in [6.07, 6.45) is 1.59. The summed E-state index contributed by atoms with van der Waals surface area (Å²) >= 11 is 0. The van der Waals surface area contributed by atoms with Crippen molar-refractivity contribution in [1.82, 2.24) is 15.1 Å². The number of aryl methyl sites for hydroxylation is 1. The van der Waals surface area contributed by atoms with Crippen molar-refractivity contribution in [3.8, 4) is 0 Å². The number of hydrogen-bond acceptors (Lipinski definition) is 3. The second-order valence-electron chi connectivity index (χ2n) is 4.10. The predicted molar refractivity (Wildman–Crippen MR) is 66.9 cm³/mol. The molecule has 1 amide bonds. The zero-order valence-corrected chi connectivity index (χ0v) is 10.4. The van der Waals surface area contributed by atoms with Crippen LogP contribution in [-0.4, -0.2) is 27.4 Å². The third-order valence-corrected chi connectivity index (χ3v) is 2.81.